The minimum Gasteiger partial charge on any atom is -0.441 e. The largest absolute Gasteiger partial charge is 0.441 e. The molecule has 2 aliphatic rings. The molecule has 1 aliphatic carbocycles. The molecule has 1 saturated heterocycles. The Balaban J connectivity index is 1.49. The Kier molecular flexibility index (Phi) is 5.93. The molecule has 1 unspecified atom stereocenters. The zero-order valence-electron chi connectivity index (χ0n) is 18.5. The Morgan fingerprint density at radius 2 is 1.88 bits per heavy atom. The van der Waals surface area contributed by atoms with Crippen molar-refractivity contribution < 1.29 is 18.8 Å². The summed E-state index contributed by atoms with van der Waals surface area (Å²) >= 11 is 0. The molecule has 1 heterocycles. The van der Waals surface area contributed by atoms with Crippen LogP contribution >= 0.6 is 0 Å². The number of amides is 1. The van der Waals surface area contributed by atoms with E-state index < -0.39 is 16.3 Å². The Morgan fingerprint density at radius 1 is 1.21 bits per heavy atom. The Labute approximate surface area is 191 Å². The smallest absolute Gasteiger partial charge is 0.411 e. The zero-order valence-corrected chi connectivity index (χ0v) is 18.5. The number of carbonyl (C=O) groups is 1. The second-order valence-corrected chi connectivity index (χ2v) is 9.06. The van der Waals surface area contributed by atoms with E-state index >= 15 is 0 Å². The van der Waals surface area contributed by atoms with Gasteiger partial charge in [-0.1, -0.05) is 30.3 Å². The van der Waals surface area contributed by atoms with Gasteiger partial charge in [0.25, 0.3) is 5.69 Å². The van der Waals surface area contributed by atoms with E-state index in [0.717, 1.165) is 17.7 Å². The van der Waals surface area contributed by atoms with Crippen molar-refractivity contribution in [3.05, 3.63) is 69.5 Å². The molecular weight excluding hydrogens is 427 g/mol. The molecule has 0 aromatic heterocycles. The zero-order chi connectivity index (χ0) is 23.8. The highest BCUT2D eigenvalue weighted by Gasteiger charge is 2.51. The Hall–Kier alpha value is -3.67. The minimum atomic E-state index is -0.799. The number of cyclic esters (lactones) is 1. The molecule has 1 amide bonds. The lowest BCUT2D eigenvalue weighted by Crippen LogP contribution is -2.44. The molecule has 4 rings (SSSR count). The fourth-order valence-electron chi connectivity index (χ4n) is 4.96. The van der Waals surface area contributed by atoms with Crippen molar-refractivity contribution in [2.24, 2.45) is 0 Å². The van der Waals surface area contributed by atoms with Gasteiger partial charge >= 0.3 is 6.09 Å². The number of ether oxygens (including phenoxy) is 1. The van der Waals surface area contributed by atoms with Gasteiger partial charge in [-0.3, -0.25) is 15.0 Å². The first-order valence-corrected chi connectivity index (χ1v) is 10.9. The van der Waals surface area contributed by atoms with Crippen molar-refractivity contribution in [1.29, 1.82) is 5.26 Å². The van der Waals surface area contributed by atoms with E-state index in [0.29, 0.717) is 25.7 Å². The van der Waals surface area contributed by atoms with Gasteiger partial charge in [0.05, 0.1) is 16.5 Å². The fraction of sp³-hybridized carbons (Fsp3) is 0.417. The summed E-state index contributed by atoms with van der Waals surface area (Å²) in [4.78, 5) is 25.4. The lowest BCUT2D eigenvalue weighted by atomic mass is 9.86. The molecule has 1 aliphatic heterocycles. The third-order valence-electron chi connectivity index (χ3n) is 6.47. The predicted molar refractivity (Wildman–Crippen MR) is 119 cm³/mol. The molecule has 1 N–H and O–H groups in total. The Bertz CT molecular complexity index is 1110. The summed E-state index contributed by atoms with van der Waals surface area (Å²) in [5, 5.41) is 23.4. The van der Waals surface area contributed by atoms with Crippen LogP contribution in [0.2, 0.25) is 0 Å². The summed E-state index contributed by atoms with van der Waals surface area (Å²) in [7, 11) is 0. The number of nitrogens with one attached hydrogen (secondary N) is 1. The summed E-state index contributed by atoms with van der Waals surface area (Å²) in [6.45, 7) is 3.82. The van der Waals surface area contributed by atoms with E-state index in [1.807, 2.05) is 49.1 Å². The second-order valence-electron chi connectivity index (χ2n) is 9.06. The van der Waals surface area contributed by atoms with Crippen LogP contribution < -0.4 is 5.32 Å². The van der Waals surface area contributed by atoms with Crippen molar-refractivity contribution in [3.63, 3.8) is 0 Å². The highest BCUT2D eigenvalue weighted by atomic mass is 19.1. The van der Waals surface area contributed by atoms with E-state index in [-0.39, 0.29) is 41.2 Å². The van der Waals surface area contributed by atoms with Crippen molar-refractivity contribution in [3.8, 4) is 6.07 Å². The van der Waals surface area contributed by atoms with Gasteiger partial charge in [-0.05, 0) is 45.1 Å². The molecule has 0 bridgehead atoms. The van der Waals surface area contributed by atoms with Gasteiger partial charge in [-0.25, -0.2) is 9.18 Å². The molecule has 33 heavy (non-hydrogen) atoms. The lowest BCUT2D eigenvalue weighted by Gasteiger charge is -2.38. The van der Waals surface area contributed by atoms with Gasteiger partial charge in [0.1, 0.15) is 23.2 Å². The highest BCUT2D eigenvalue weighted by molar-refractivity contribution is 5.72. The average molecular weight is 452 g/mol. The van der Waals surface area contributed by atoms with E-state index in [4.69, 9.17) is 10.00 Å². The average Bonchev–Trinajstić information content (AvgIpc) is 3.03. The molecule has 0 spiro atoms. The first-order chi connectivity index (χ1) is 15.7. The summed E-state index contributed by atoms with van der Waals surface area (Å²) in [6, 6.07) is 13.0. The number of halogens is 1. The van der Waals surface area contributed by atoms with Crippen molar-refractivity contribution in [1.82, 2.24) is 4.90 Å². The van der Waals surface area contributed by atoms with Gasteiger partial charge in [0, 0.05) is 24.2 Å². The normalized spacial score (nSPS) is 24.1. The molecule has 2 fully saturated rings. The van der Waals surface area contributed by atoms with E-state index in [1.165, 1.54) is 0 Å². The molecule has 9 heteroatoms. The van der Waals surface area contributed by atoms with Gasteiger partial charge in [-0.2, -0.15) is 5.26 Å². The van der Waals surface area contributed by atoms with Crippen LogP contribution in [-0.2, 0) is 4.74 Å². The first-order valence-electron chi connectivity index (χ1n) is 10.9. The maximum atomic E-state index is 14.1. The van der Waals surface area contributed by atoms with Gasteiger partial charge in [0.15, 0.2) is 0 Å². The van der Waals surface area contributed by atoms with Crippen LogP contribution in [0.5, 0.6) is 0 Å². The topological polar surface area (TPSA) is 108 Å². The van der Waals surface area contributed by atoms with Crippen molar-refractivity contribution in [2.75, 3.05) is 5.32 Å². The number of nitro groups is 1. The third kappa shape index (κ3) is 4.33. The number of hydrogen-bond donors (Lipinski definition) is 1. The number of hydrogen-bond acceptors (Lipinski definition) is 6. The molecule has 0 radical (unpaired) electrons. The third-order valence-corrected chi connectivity index (χ3v) is 6.47. The SMILES string of the molecule is CC1(C)OC(=O)N(C2CCC(Nc3cc(F)c(C#N)cc3[N+](=O)[O-])CC2)C1c1ccccc1. The molecule has 8 nitrogen and oxygen atoms in total. The number of nitriles is 1. The molecule has 1 saturated carbocycles. The van der Waals surface area contributed by atoms with E-state index in [9.17, 15) is 19.3 Å². The second kappa shape index (κ2) is 8.70. The molecular formula is C24H25FN4O4. The number of benzene rings is 2. The first kappa shape index (κ1) is 22.5. The van der Waals surface area contributed by atoms with Crippen LogP contribution in [0.15, 0.2) is 42.5 Å². The fourth-order valence-corrected chi connectivity index (χ4v) is 4.96. The number of carbonyl (C=O) groups excluding carboxylic acids is 1. The van der Waals surface area contributed by atoms with Crippen LogP contribution in [0.25, 0.3) is 0 Å². The maximum absolute atomic E-state index is 14.1. The van der Waals surface area contributed by atoms with Crippen LogP contribution in [0.3, 0.4) is 0 Å². The molecule has 172 valence electrons. The minimum absolute atomic E-state index is 0.0322. The highest BCUT2D eigenvalue weighted by Crippen LogP contribution is 2.44. The Morgan fingerprint density at radius 3 is 2.48 bits per heavy atom. The summed E-state index contributed by atoms with van der Waals surface area (Å²) in [5.74, 6) is -0.799. The van der Waals surface area contributed by atoms with Crippen LogP contribution in [0.1, 0.15) is 56.7 Å². The quantitative estimate of drug-likeness (QED) is 0.487. The number of anilines is 1. The van der Waals surface area contributed by atoms with Gasteiger partial charge < -0.3 is 10.1 Å². The molecule has 2 aromatic carbocycles. The lowest BCUT2D eigenvalue weighted by molar-refractivity contribution is -0.384. The monoisotopic (exact) mass is 452 g/mol. The summed E-state index contributed by atoms with van der Waals surface area (Å²) in [5.41, 5.74) is -0.294. The van der Waals surface area contributed by atoms with E-state index in [2.05, 4.69) is 5.32 Å². The van der Waals surface area contributed by atoms with Gasteiger partial charge in [0.2, 0.25) is 0 Å². The summed E-state index contributed by atoms with van der Waals surface area (Å²) < 4.78 is 19.8. The van der Waals surface area contributed by atoms with Crippen molar-refractivity contribution >= 4 is 17.5 Å². The number of nitrogens with zero attached hydrogens (tertiary/aromatic N) is 3. The standard InChI is InChI=1S/C24H25FN4O4/c1-24(2)22(15-6-4-3-5-7-15)28(23(30)33-24)18-10-8-17(9-11-18)27-20-13-19(25)16(14-26)12-21(20)29(31)32/h3-7,12-13,17-18,22,27H,8-11H2,1-2H3. The molecule has 2 aromatic rings. The summed E-state index contributed by atoms with van der Waals surface area (Å²) in [6.07, 6.45) is 2.32. The van der Waals surface area contributed by atoms with E-state index in [1.54, 1.807) is 6.07 Å². The van der Waals surface area contributed by atoms with Crippen molar-refractivity contribution in [2.45, 2.75) is 63.3 Å². The maximum Gasteiger partial charge on any atom is 0.411 e. The number of rotatable bonds is 5. The predicted octanol–water partition coefficient (Wildman–Crippen LogP) is 5.30. The van der Waals surface area contributed by atoms with Crippen LogP contribution in [-0.4, -0.2) is 33.6 Å². The van der Waals surface area contributed by atoms with Gasteiger partial charge in [-0.15, -0.1) is 0 Å². The van der Waals surface area contributed by atoms with Crippen LogP contribution in [0.4, 0.5) is 20.6 Å². The molecule has 1 atom stereocenters. The number of nitro benzene ring substituents is 1. The van der Waals surface area contributed by atoms with Crippen LogP contribution in [0, 0.1) is 27.3 Å².